The zero-order valence-corrected chi connectivity index (χ0v) is 17.8. The van der Waals surface area contributed by atoms with Gasteiger partial charge in [0.15, 0.2) is 0 Å². The van der Waals surface area contributed by atoms with Crippen LogP contribution in [0.15, 0.2) is 48.5 Å². The van der Waals surface area contributed by atoms with Crippen molar-refractivity contribution in [2.24, 2.45) is 0 Å². The van der Waals surface area contributed by atoms with E-state index < -0.39 is 0 Å². The summed E-state index contributed by atoms with van der Waals surface area (Å²) in [6, 6.07) is 15.0. The van der Waals surface area contributed by atoms with Crippen LogP contribution in [0.1, 0.15) is 11.4 Å². The maximum atomic E-state index is 12.5. The number of piperazine rings is 1. The number of carbonyl (C=O) groups is 1. The van der Waals surface area contributed by atoms with Gasteiger partial charge >= 0.3 is 6.03 Å². The number of aromatic nitrogens is 2. The number of hydrogen-bond donors (Lipinski definition) is 1. The average Bonchev–Trinajstić information content (AvgIpc) is 3.19. The molecule has 1 aliphatic heterocycles. The normalized spacial score (nSPS) is 14.1. The van der Waals surface area contributed by atoms with Crippen molar-refractivity contribution in [2.45, 2.75) is 6.42 Å². The molecular weight excluding hydrogens is 429 g/mol. The number of nitrogens with one attached hydrogen (secondary N) is 1. The summed E-state index contributed by atoms with van der Waals surface area (Å²) in [7, 11) is 0. The quantitative estimate of drug-likeness (QED) is 0.624. The zero-order chi connectivity index (χ0) is 20.2. The second-order valence-corrected chi connectivity index (χ2v) is 8.26. The Bertz CT molecular complexity index is 990. The lowest BCUT2D eigenvalue weighted by molar-refractivity contribution is 0.208. The van der Waals surface area contributed by atoms with Gasteiger partial charge in [0, 0.05) is 49.2 Å². The molecule has 0 spiro atoms. The number of urea groups is 1. The Labute approximate surface area is 183 Å². The van der Waals surface area contributed by atoms with E-state index in [-0.39, 0.29) is 6.03 Å². The molecule has 1 N–H and O–H groups in total. The summed E-state index contributed by atoms with van der Waals surface area (Å²) in [5.74, 6) is 0.828. The second kappa shape index (κ2) is 8.98. The molecule has 9 heteroatoms. The van der Waals surface area contributed by atoms with Crippen LogP contribution in [0.25, 0.3) is 0 Å². The highest BCUT2D eigenvalue weighted by Gasteiger charge is 2.23. The fourth-order valence-electron chi connectivity index (χ4n) is 3.11. The monoisotopic (exact) mass is 447 g/mol. The molecule has 0 radical (unpaired) electrons. The van der Waals surface area contributed by atoms with Gasteiger partial charge in [-0.1, -0.05) is 53.5 Å². The standard InChI is InChI=1S/C20H19Cl2N5OS/c21-15-6-7-17(16(22)13-15)23-19(28)26-8-10-27(11-9-26)20-24-18(25-29-20)12-14-4-2-1-3-5-14/h1-7,13H,8-12H2,(H,23,28). The van der Waals surface area contributed by atoms with Crippen LogP contribution in [0.3, 0.4) is 0 Å². The number of anilines is 2. The van der Waals surface area contributed by atoms with Crippen molar-refractivity contribution in [1.82, 2.24) is 14.3 Å². The molecule has 2 heterocycles. The van der Waals surface area contributed by atoms with E-state index >= 15 is 0 Å². The van der Waals surface area contributed by atoms with Crippen molar-refractivity contribution < 1.29 is 4.79 Å². The maximum Gasteiger partial charge on any atom is 0.322 e. The highest BCUT2D eigenvalue weighted by atomic mass is 35.5. The molecule has 0 unspecified atom stereocenters. The molecule has 2 aromatic carbocycles. The third kappa shape index (κ3) is 4.98. The van der Waals surface area contributed by atoms with Gasteiger partial charge in [-0.3, -0.25) is 0 Å². The summed E-state index contributed by atoms with van der Waals surface area (Å²) in [6.07, 6.45) is 0.724. The van der Waals surface area contributed by atoms with Gasteiger partial charge < -0.3 is 15.1 Å². The first kappa shape index (κ1) is 19.9. The Morgan fingerprint density at radius 1 is 1.07 bits per heavy atom. The zero-order valence-electron chi connectivity index (χ0n) is 15.5. The van der Waals surface area contributed by atoms with Gasteiger partial charge in [-0.05, 0) is 23.8 Å². The molecule has 4 rings (SSSR count). The van der Waals surface area contributed by atoms with Crippen molar-refractivity contribution in [3.8, 4) is 0 Å². The Balaban J connectivity index is 1.32. The summed E-state index contributed by atoms with van der Waals surface area (Å²) in [4.78, 5) is 21.1. The number of amides is 2. The van der Waals surface area contributed by atoms with Gasteiger partial charge in [0.05, 0.1) is 10.7 Å². The third-order valence-corrected chi connectivity index (χ3v) is 6.04. The lowest BCUT2D eigenvalue weighted by Gasteiger charge is -2.34. The van der Waals surface area contributed by atoms with Crippen LogP contribution in [0.2, 0.25) is 10.0 Å². The van der Waals surface area contributed by atoms with Crippen LogP contribution in [-0.4, -0.2) is 46.5 Å². The summed E-state index contributed by atoms with van der Waals surface area (Å²) < 4.78 is 4.48. The number of nitrogens with zero attached hydrogens (tertiary/aromatic N) is 4. The number of rotatable bonds is 4. The van der Waals surface area contributed by atoms with Crippen molar-refractivity contribution >= 4 is 51.6 Å². The second-order valence-electron chi connectivity index (χ2n) is 6.68. The largest absolute Gasteiger partial charge is 0.343 e. The van der Waals surface area contributed by atoms with Crippen LogP contribution < -0.4 is 10.2 Å². The smallest absolute Gasteiger partial charge is 0.322 e. The van der Waals surface area contributed by atoms with E-state index in [9.17, 15) is 4.79 Å². The summed E-state index contributed by atoms with van der Waals surface area (Å²) in [5, 5.41) is 4.70. The lowest BCUT2D eigenvalue weighted by atomic mass is 10.1. The minimum absolute atomic E-state index is 0.170. The fourth-order valence-corrected chi connectivity index (χ4v) is 4.30. The SMILES string of the molecule is O=C(Nc1ccc(Cl)cc1Cl)N1CCN(c2nc(Cc3ccccc3)ns2)CC1. The van der Waals surface area contributed by atoms with Gasteiger partial charge in [-0.25, -0.2) is 9.78 Å². The first-order chi connectivity index (χ1) is 14.1. The van der Waals surface area contributed by atoms with Crippen LogP contribution >= 0.6 is 34.7 Å². The Morgan fingerprint density at radius 3 is 2.55 bits per heavy atom. The van der Waals surface area contributed by atoms with Gasteiger partial charge in [0.2, 0.25) is 5.13 Å². The van der Waals surface area contributed by atoms with Crippen LogP contribution in [0.4, 0.5) is 15.6 Å². The molecule has 0 saturated carbocycles. The molecule has 1 saturated heterocycles. The van der Waals surface area contributed by atoms with Crippen molar-refractivity contribution in [2.75, 3.05) is 36.4 Å². The van der Waals surface area contributed by atoms with E-state index in [1.54, 1.807) is 23.1 Å². The number of benzene rings is 2. The molecule has 1 aliphatic rings. The molecular formula is C20H19Cl2N5OS. The molecule has 3 aromatic rings. The molecule has 2 amide bonds. The average molecular weight is 448 g/mol. The molecule has 1 fully saturated rings. The summed E-state index contributed by atoms with van der Waals surface area (Å²) >= 11 is 13.4. The molecule has 0 aliphatic carbocycles. The number of halogens is 2. The predicted molar refractivity (Wildman–Crippen MR) is 118 cm³/mol. The lowest BCUT2D eigenvalue weighted by Crippen LogP contribution is -2.50. The number of carbonyl (C=O) groups excluding carboxylic acids is 1. The molecule has 29 heavy (non-hydrogen) atoms. The Morgan fingerprint density at radius 2 is 1.83 bits per heavy atom. The number of hydrogen-bond acceptors (Lipinski definition) is 5. The molecule has 0 bridgehead atoms. The Hall–Kier alpha value is -2.35. The maximum absolute atomic E-state index is 12.5. The molecule has 150 valence electrons. The van der Waals surface area contributed by atoms with E-state index in [0.29, 0.717) is 41.9 Å². The predicted octanol–water partition coefficient (Wildman–Crippen LogP) is 4.79. The summed E-state index contributed by atoms with van der Waals surface area (Å²) in [5.41, 5.74) is 1.75. The summed E-state index contributed by atoms with van der Waals surface area (Å²) in [6.45, 7) is 2.62. The van der Waals surface area contributed by atoms with E-state index in [1.165, 1.54) is 17.1 Å². The van der Waals surface area contributed by atoms with Crippen LogP contribution in [0, 0.1) is 0 Å². The van der Waals surface area contributed by atoms with E-state index in [1.807, 2.05) is 18.2 Å². The molecule has 0 atom stereocenters. The minimum atomic E-state index is -0.170. The van der Waals surface area contributed by atoms with E-state index in [2.05, 4.69) is 31.7 Å². The van der Waals surface area contributed by atoms with Crippen LogP contribution in [-0.2, 0) is 6.42 Å². The van der Waals surface area contributed by atoms with Gasteiger partial charge in [0.1, 0.15) is 5.82 Å². The van der Waals surface area contributed by atoms with Crippen molar-refractivity contribution in [3.05, 3.63) is 70.0 Å². The van der Waals surface area contributed by atoms with Gasteiger partial charge in [-0.15, -0.1) is 0 Å². The Kier molecular flexibility index (Phi) is 6.18. The van der Waals surface area contributed by atoms with Crippen LogP contribution in [0.5, 0.6) is 0 Å². The van der Waals surface area contributed by atoms with Crippen molar-refractivity contribution in [3.63, 3.8) is 0 Å². The first-order valence-electron chi connectivity index (χ1n) is 9.21. The van der Waals surface area contributed by atoms with Gasteiger partial charge in [0.25, 0.3) is 0 Å². The molecule has 6 nitrogen and oxygen atoms in total. The van der Waals surface area contributed by atoms with Crippen molar-refractivity contribution in [1.29, 1.82) is 0 Å². The third-order valence-electron chi connectivity index (χ3n) is 4.67. The van der Waals surface area contributed by atoms with E-state index in [0.717, 1.165) is 17.4 Å². The highest BCUT2D eigenvalue weighted by Crippen LogP contribution is 2.26. The van der Waals surface area contributed by atoms with Gasteiger partial charge in [-0.2, -0.15) is 4.37 Å². The topological polar surface area (TPSA) is 61.4 Å². The highest BCUT2D eigenvalue weighted by molar-refractivity contribution is 7.09. The van der Waals surface area contributed by atoms with E-state index in [4.69, 9.17) is 23.2 Å². The fraction of sp³-hybridized carbons (Fsp3) is 0.250. The molecule has 1 aromatic heterocycles. The minimum Gasteiger partial charge on any atom is -0.343 e. The first-order valence-corrected chi connectivity index (χ1v) is 10.7.